The molecular weight excluding hydrogens is 272 g/mol. The zero-order valence-corrected chi connectivity index (χ0v) is 11.8. The Balaban J connectivity index is 1.64. The summed E-state index contributed by atoms with van der Waals surface area (Å²) >= 11 is 1.50. The van der Waals surface area contributed by atoms with Gasteiger partial charge in [0.25, 0.3) is 0 Å². The molecule has 102 valence electrons. The molecule has 20 heavy (non-hydrogen) atoms. The first-order valence-corrected chi connectivity index (χ1v) is 7.14. The summed E-state index contributed by atoms with van der Waals surface area (Å²) in [5, 5.41) is 13.6. The van der Waals surface area contributed by atoms with Crippen LogP contribution in [0.25, 0.3) is 10.9 Å². The normalized spacial score (nSPS) is 10.8. The van der Waals surface area contributed by atoms with Crippen molar-refractivity contribution in [3.63, 3.8) is 0 Å². The van der Waals surface area contributed by atoms with Crippen molar-refractivity contribution < 1.29 is 4.79 Å². The molecule has 3 rings (SSSR count). The fourth-order valence-corrected chi connectivity index (χ4v) is 2.75. The maximum absolute atomic E-state index is 12.0. The number of H-pyrrole nitrogens is 1. The second kappa shape index (κ2) is 5.42. The van der Waals surface area contributed by atoms with Crippen LogP contribution >= 0.6 is 11.3 Å². The average Bonchev–Trinajstić information content (AvgIpc) is 3.04. The number of carbonyl (C=O) groups excluding carboxylic acids is 1. The molecule has 3 aromatic rings. The Morgan fingerprint density at radius 1 is 1.35 bits per heavy atom. The van der Waals surface area contributed by atoms with Gasteiger partial charge in [0.15, 0.2) is 0 Å². The highest BCUT2D eigenvalue weighted by Gasteiger charge is 2.09. The van der Waals surface area contributed by atoms with E-state index in [0.29, 0.717) is 13.0 Å². The van der Waals surface area contributed by atoms with Crippen LogP contribution in [0.4, 0.5) is 0 Å². The Morgan fingerprint density at radius 2 is 2.20 bits per heavy atom. The number of aryl methyl sites for hydroxylation is 1. The maximum atomic E-state index is 12.0. The Kier molecular flexibility index (Phi) is 3.47. The number of aromatic nitrogens is 3. The standard InChI is InChI=1S/C14H14N4OS/c1-9-17-18-14(20-9)8-16-13(19)6-10-7-15-12-5-3-2-4-11(10)12/h2-5,7,15H,6,8H2,1H3,(H,16,19). The van der Waals surface area contributed by atoms with Crippen molar-refractivity contribution in [1.82, 2.24) is 20.5 Å². The smallest absolute Gasteiger partial charge is 0.224 e. The number of nitrogens with one attached hydrogen (secondary N) is 2. The van der Waals surface area contributed by atoms with Gasteiger partial charge in [-0.3, -0.25) is 4.79 Å². The van der Waals surface area contributed by atoms with Crippen LogP contribution in [0.3, 0.4) is 0 Å². The summed E-state index contributed by atoms with van der Waals surface area (Å²) in [5.41, 5.74) is 2.06. The van der Waals surface area contributed by atoms with Gasteiger partial charge in [-0.1, -0.05) is 29.5 Å². The molecule has 0 spiro atoms. The molecule has 0 radical (unpaired) electrons. The minimum atomic E-state index is -0.0115. The molecule has 0 aliphatic heterocycles. The Morgan fingerprint density at radius 3 is 3.00 bits per heavy atom. The molecule has 5 nitrogen and oxygen atoms in total. The first kappa shape index (κ1) is 12.8. The molecule has 0 unspecified atom stereocenters. The zero-order chi connectivity index (χ0) is 13.9. The number of carbonyl (C=O) groups is 1. The predicted molar refractivity (Wildman–Crippen MR) is 78.5 cm³/mol. The Labute approximate surface area is 120 Å². The number of hydrogen-bond acceptors (Lipinski definition) is 4. The monoisotopic (exact) mass is 286 g/mol. The second-order valence-corrected chi connectivity index (χ2v) is 5.79. The fraction of sp³-hybridized carbons (Fsp3) is 0.214. The van der Waals surface area contributed by atoms with Crippen LogP contribution in [0.2, 0.25) is 0 Å². The van der Waals surface area contributed by atoms with Crippen LogP contribution in [0.15, 0.2) is 30.5 Å². The first-order chi connectivity index (χ1) is 9.72. The van der Waals surface area contributed by atoms with Crippen molar-refractivity contribution in [2.24, 2.45) is 0 Å². The first-order valence-electron chi connectivity index (χ1n) is 6.33. The summed E-state index contributed by atoms with van der Waals surface area (Å²) in [5.74, 6) is -0.0115. The van der Waals surface area contributed by atoms with E-state index in [1.54, 1.807) is 0 Å². The lowest BCUT2D eigenvalue weighted by molar-refractivity contribution is -0.120. The third-order valence-corrected chi connectivity index (χ3v) is 3.87. The van der Waals surface area contributed by atoms with E-state index in [4.69, 9.17) is 0 Å². The number of hydrogen-bond donors (Lipinski definition) is 2. The SMILES string of the molecule is Cc1nnc(CNC(=O)Cc2c[nH]c3ccccc23)s1. The van der Waals surface area contributed by atoms with Crippen LogP contribution in [0.5, 0.6) is 0 Å². The van der Waals surface area contributed by atoms with E-state index < -0.39 is 0 Å². The molecule has 6 heteroatoms. The van der Waals surface area contributed by atoms with Gasteiger partial charge < -0.3 is 10.3 Å². The molecule has 1 aromatic carbocycles. The lowest BCUT2D eigenvalue weighted by Gasteiger charge is -2.02. The van der Waals surface area contributed by atoms with Crippen molar-refractivity contribution in [1.29, 1.82) is 0 Å². The summed E-state index contributed by atoms with van der Waals surface area (Å²) in [6, 6.07) is 7.96. The Bertz CT molecular complexity index is 746. The number of amides is 1. The van der Waals surface area contributed by atoms with Gasteiger partial charge in [-0.2, -0.15) is 0 Å². The largest absolute Gasteiger partial charge is 0.361 e. The van der Waals surface area contributed by atoms with Crippen LogP contribution in [0.1, 0.15) is 15.6 Å². The van der Waals surface area contributed by atoms with E-state index in [2.05, 4.69) is 20.5 Å². The van der Waals surface area contributed by atoms with Crippen LogP contribution in [-0.4, -0.2) is 21.1 Å². The number of fused-ring (bicyclic) bond motifs is 1. The minimum absolute atomic E-state index is 0.0115. The Hall–Kier alpha value is -2.21. The van der Waals surface area contributed by atoms with E-state index >= 15 is 0 Å². The van der Waals surface area contributed by atoms with E-state index in [-0.39, 0.29) is 5.91 Å². The summed E-state index contributed by atoms with van der Waals surface area (Å²) < 4.78 is 0. The number of rotatable bonds is 4. The van der Waals surface area contributed by atoms with Crippen LogP contribution in [0, 0.1) is 6.92 Å². The molecule has 0 aliphatic carbocycles. The fourth-order valence-electron chi connectivity index (χ4n) is 2.10. The quantitative estimate of drug-likeness (QED) is 0.772. The summed E-state index contributed by atoms with van der Waals surface area (Å²) in [6.45, 7) is 2.33. The summed E-state index contributed by atoms with van der Waals surface area (Å²) in [4.78, 5) is 15.1. The van der Waals surface area contributed by atoms with Crippen molar-refractivity contribution >= 4 is 28.1 Å². The molecule has 0 atom stereocenters. The van der Waals surface area contributed by atoms with Crippen molar-refractivity contribution in [3.05, 3.63) is 46.0 Å². The van der Waals surface area contributed by atoms with Gasteiger partial charge in [-0.05, 0) is 18.6 Å². The van der Waals surface area contributed by atoms with Crippen LogP contribution < -0.4 is 5.32 Å². The van der Waals surface area contributed by atoms with Crippen molar-refractivity contribution in [3.8, 4) is 0 Å². The molecule has 0 fully saturated rings. The second-order valence-electron chi connectivity index (χ2n) is 4.53. The number of aromatic amines is 1. The zero-order valence-electron chi connectivity index (χ0n) is 11.0. The minimum Gasteiger partial charge on any atom is -0.361 e. The van der Waals surface area contributed by atoms with Crippen molar-refractivity contribution in [2.45, 2.75) is 19.9 Å². The van der Waals surface area contributed by atoms with Crippen LogP contribution in [-0.2, 0) is 17.8 Å². The lowest BCUT2D eigenvalue weighted by atomic mass is 10.1. The van der Waals surface area contributed by atoms with E-state index in [0.717, 1.165) is 26.5 Å². The van der Waals surface area contributed by atoms with Gasteiger partial charge in [-0.25, -0.2) is 0 Å². The molecule has 0 bridgehead atoms. The van der Waals surface area contributed by atoms with Gasteiger partial charge in [-0.15, -0.1) is 10.2 Å². The highest BCUT2D eigenvalue weighted by Crippen LogP contribution is 2.18. The molecule has 0 saturated heterocycles. The highest BCUT2D eigenvalue weighted by molar-refractivity contribution is 7.11. The number of benzene rings is 1. The molecular formula is C14H14N4OS. The van der Waals surface area contributed by atoms with Gasteiger partial charge >= 0.3 is 0 Å². The lowest BCUT2D eigenvalue weighted by Crippen LogP contribution is -2.24. The molecule has 0 aliphatic rings. The van der Waals surface area contributed by atoms with Gasteiger partial charge in [0.05, 0.1) is 13.0 Å². The van der Waals surface area contributed by atoms with E-state index in [9.17, 15) is 4.79 Å². The van der Waals surface area contributed by atoms with Gasteiger partial charge in [0.2, 0.25) is 5.91 Å². The molecule has 2 heterocycles. The summed E-state index contributed by atoms with van der Waals surface area (Å²) in [6.07, 6.45) is 2.25. The van der Waals surface area contributed by atoms with E-state index in [1.807, 2.05) is 37.4 Å². The molecule has 2 N–H and O–H groups in total. The maximum Gasteiger partial charge on any atom is 0.224 e. The van der Waals surface area contributed by atoms with Crippen molar-refractivity contribution in [2.75, 3.05) is 0 Å². The third kappa shape index (κ3) is 2.70. The molecule has 1 amide bonds. The van der Waals surface area contributed by atoms with Gasteiger partial charge in [0.1, 0.15) is 10.0 Å². The highest BCUT2D eigenvalue weighted by atomic mass is 32.1. The molecule has 0 saturated carbocycles. The van der Waals surface area contributed by atoms with E-state index in [1.165, 1.54) is 11.3 Å². The summed E-state index contributed by atoms with van der Waals surface area (Å²) in [7, 11) is 0. The molecule has 2 aromatic heterocycles. The third-order valence-electron chi connectivity index (χ3n) is 3.03. The van der Waals surface area contributed by atoms with Gasteiger partial charge in [0, 0.05) is 17.1 Å². The number of para-hydroxylation sites is 1. The average molecular weight is 286 g/mol. The topological polar surface area (TPSA) is 70.7 Å². The number of nitrogens with zero attached hydrogens (tertiary/aromatic N) is 2. The predicted octanol–water partition coefficient (Wildman–Crippen LogP) is 2.19.